The van der Waals surface area contributed by atoms with Crippen molar-refractivity contribution in [2.75, 3.05) is 53.0 Å². The second kappa shape index (κ2) is 8.11. The van der Waals surface area contributed by atoms with Crippen LogP contribution in [0.25, 0.3) is 0 Å². The van der Waals surface area contributed by atoms with E-state index in [2.05, 4.69) is 9.80 Å². The van der Waals surface area contributed by atoms with E-state index in [1.165, 1.54) is 0 Å². The van der Waals surface area contributed by atoms with Crippen molar-refractivity contribution >= 4 is 0 Å². The minimum Gasteiger partial charge on any atom is -0.391 e. The molecule has 0 saturated carbocycles. The summed E-state index contributed by atoms with van der Waals surface area (Å²) in [6.07, 6.45) is -0.748. The van der Waals surface area contributed by atoms with Gasteiger partial charge in [0.25, 0.3) is 0 Å². The first-order valence-electron chi connectivity index (χ1n) is 6.69. The minimum atomic E-state index is -1.57. The zero-order valence-corrected chi connectivity index (χ0v) is 11.5. The van der Waals surface area contributed by atoms with Crippen LogP contribution in [-0.2, 0) is 4.74 Å². The number of hydrogen-bond acceptors (Lipinski definition) is 7. The number of hydrogen-bond donors (Lipinski definition) is 4. The molecule has 7 nitrogen and oxygen atoms in total. The zero-order valence-electron chi connectivity index (χ0n) is 11.5. The molecule has 0 aromatic heterocycles. The van der Waals surface area contributed by atoms with Crippen LogP contribution in [0.15, 0.2) is 0 Å². The van der Waals surface area contributed by atoms with Crippen molar-refractivity contribution in [2.45, 2.75) is 24.9 Å². The number of nitrogens with zero attached hydrogens (tertiary/aromatic N) is 2. The Labute approximate surface area is 114 Å². The van der Waals surface area contributed by atoms with Crippen molar-refractivity contribution in [1.29, 1.82) is 0 Å². The van der Waals surface area contributed by atoms with E-state index in [1.54, 1.807) is 0 Å². The zero-order chi connectivity index (χ0) is 14.3. The van der Waals surface area contributed by atoms with E-state index in [4.69, 9.17) is 14.9 Å². The third-order valence-electron chi connectivity index (χ3n) is 3.29. The first kappa shape index (κ1) is 16.8. The first-order chi connectivity index (χ1) is 8.95. The monoisotopic (exact) mass is 278 g/mol. The van der Waals surface area contributed by atoms with Crippen molar-refractivity contribution in [3.8, 4) is 0 Å². The van der Waals surface area contributed by atoms with Crippen molar-refractivity contribution in [2.24, 2.45) is 0 Å². The summed E-state index contributed by atoms with van der Waals surface area (Å²) >= 11 is 0. The maximum absolute atomic E-state index is 10.2. The van der Waals surface area contributed by atoms with Gasteiger partial charge in [0.1, 0.15) is 0 Å². The number of piperazine rings is 1. The lowest BCUT2D eigenvalue weighted by atomic mass is 10.2. The molecule has 0 aromatic rings. The normalized spacial score (nSPS) is 21.8. The Kier molecular flexibility index (Phi) is 7.16. The van der Waals surface area contributed by atoms with Gasteiger partial charge in [-0.15, -0.1) is 0 Å². The Hall–Kier alpha value is -0.280. The van der Waals surface area contributed by atoms with E-state index < -0.39 is 18.7 Å². The molecule has 1 fully saturated rings. The minimum absolute atomic E-state index is 0.183. The summed E-state index contributed by atoms with van der Waals surface area (Å²) in [5.41, 5.74) is 0. The van der Waals surface area contributed by atoms with Gasteiger partial charge >= 0.3 is 0 Å². The molecular weight excluding hydrogens is 252 g/mol. The lowest BCUT2D eigenvalue weighted by Gasteiger charge is -2.37. The van der Waals surface area contributed by atoms with Gasteiger partial charge in [0.15, 0.2) is 6.29 Å². The Morgan fingerprint density at radius 1 is 1.21 bits per heavy atom. The molecule has 1 atom stereocenters. The van der Waals surface area contributed by atoms with Gasteiger partial charge in [0, 0.05) is 32.6 Å². The molecule has 0 spiro atoms. The van der Waals surface area contributed by atoms with Crippen LogP contribution < -0.4 is 0 Å². The highest BCUT2D eigenvalue weighted by atomic mass is 16.6. The average molecular weight is 278 g/mol. The second-order valence-electron chi connectivity index (χ2n) is 5.16. The smallest absolute Gasteiger partial charge is 0.202 e. The van der Waals surface area contributed by atoms with E-state index >= 15 is 0 Å². The Balaban J connectivity index is 2.29. The van der Waals surface area contributed by atoms with Crippen LogP contribution in [0, 0.1) is 0 Å². The molecule has 114 valence electrons. The fourth-order valence-corrected chi connectivity index (χ4v) is 2.02. The summed E-state index contributed by atoms with van der Waals surface area (Å²) in [6, 6.07) is 0. The number of rotatable bonds is 8. The summed E-state index contributed by atoms with van der Waals surface area (Å²) in [4.78, 5) is 4.26. The SMILES string of the molecule is CN1CCN(CC(O)(CO)OCCCC(O)O)CC1. The molecule has 1 saturated heterocycles. The molecule has 0 aliphatic carbocycles. The maximum atomic E-state index is 10.2. The molecule has 19 heavy (non-hydrogen) atoms. The lowest BCUT2D eigenvalue weighted by molar-refractivity contribution is -0.235. The Morgan fingerprint density at radius 3 is 2.37 bits per heavy atom. The first-order valence-corrected chi connectivity index (χ1v) is 6.69. The van der Waals surface area contributed by atoms with Crippen LogP contribution >= 0.6 is 0 Å². The molecule has 1 unspecified atom stereocenters. The number of aliphatic hydroxyl groups is 4. The molecule has 1 aliphatic rings. The highest BCUT2D eigenvalue weighted by Gasteiger charge is 2.30. The molecule has 0 aromatic carbocycles. The van der Waals surface area contributed by atoms with Gasteiger partial charge < -0.3 is 30.1 Å². The van der Waals surface area contributed by atoms with E-state index in [-0.39, 0.29) is 19.6 Å². The number of aliphatic hydroxyl groups excluding tert-OH is 2. The van der Waals surface area contributed by atoms with Crippen molar-refractivity contribution in [3.05, 3.63) is 0 Å². The third kappa shape index (κ3) is 6.62. The van der Waals surface area contributed by atoms with Gasteiger partial charge in [-0.1, -0.05) is 0 Å². The predicted molar refractivity (Wildman–Crippen MR) is 69.4 cm³/mol. The summed E-state index contributed by atoms with van der Waals surface area (Å²) < 4.78 is 5.29. The van der Waals surface area contributed by atoms with E-state index in [1.807, 2.05) is 7.05 Å². The Bertz CT molecular complexity index is 246. The Morgan fingerprint density at radius 2 is 1.84 bits per heavy atom. The highest BCUT2D eigenvalue weighted by Crippen LogP contribution is 2.12. The number of β-amino-alcohol motifs (C(OH)–C–C–N with tert-alkyl or cyclic N) is 1. The van der Waals surface area contributed by atoms with Crippen LogP contribution in [-0.4, -0.2) is 95.3 Å². The van der Waals surface area contributed by atoms with Crippen molar-refractivity contribution < 1.29 is 25.2 Å². The van der Waals surface area contributed by atoms with E-state index in [0.29, 0.717) is 6.42 Å². The molecule has 7 heteroatoms. The summed E-state index contributed by atoms with van der Waals surface area (Å²) in [6.45, 7) is 3.49. The number of likely N-dealkylation sites (N-methyl/N-ethyl adjacent to an activating group) is 1. The van der Waals surface area contributed by atoms with Crippen LogP contribution in [0.4, 0.5) is 0 Å². The van der Waals surface area contributed by atoms with Crippen LogP contribution in [0.2, 0.25) is 0 Å². The fourth-order valence-electron chi connectivity index (χ4n) is 2.02. The summed E-state index contributed by atoms with van der Waals surface area (Å²) in [5, 5.41) is 36.8. The van der Waals surface area contributed by atoms with E-state index in [0.717, 1.165) is 26.2 Å². The van der Waals surface area contributed by atoms with Gasteiger partial charge in [-0.25, -0.2) is 0 Å². The van der Waals surface area contributed by atoms with Crippen LogP contribution in [0.5, 0.6) is 0 Å². The quantitative estimate of drug-likeness (QED) is 0.302. The molecule has 1 rings (SSSR count). The van der Waals surface area contributed by atoms with E-state index in [9.17, 15) is 10.2 Å². The summed E-state index contributed by atoms with van der Waals surface area (Å²) in [7, 11) is 2.05. The highest BCUT2D eigenvalue weighted by molar-refractivity contribution is 4.77. The fraction of sp³-hybridized carbons (Fsp3) is 1.00. The predicted octanol–water partition coefficient (Wildman–Crippen LogP) is -1.98. The number of ether oxygens (including phenoxy) is 1. The van der Waals surface area contributed by atoms with Gasteiger partial charge in [-0.3, -0.25) is 4.90 Å². The third-order valence-corrected chi connectivity index (χ3v) is 3.29. The molecular formula is C12H26N2O5. The lowest BCUT2D eigenvalue weighted by Crippen LogP contribution is -2.53. The summed E-state index contributed by atoms with van der Waals surface area (Å²) in [5.74, 6) is -1.57. The van der Waals surface area contributed by atoms with Gasteiger partial charge in [0.05, 0.1) is 19.8 Å². The maximum Gasteiger partial charge on any atom is 0.202 e. The second-order valence-corrected chi connectivity index (χ2v) is 5.16. The van der Waals surface area contributed by atoms with Gasteiger partial charge in [0.2, 0.25) is 5.79 Å². The van der Waals surface area contributed by atoms with Crippen LogP contribution in [0.3, 0.4) is 0 Å². The van der Waals surface area contributed by atoms with Gasteiger partial charge in [-0.05, 0) is 13.5 Å². The molecule has 1 heterocycles. The average Bonchev–Trinajstić information content (AvgIpc) is 2.37. The van der Waals surface area contributed by atoms with Crippen molar-refractivity contribution in [3.63, 3.8) is 0 Å². The molecule has 4 N–H and O–H groups in total. The molecule has 0 amide bonds. The molecule has 0 bridgehead atoms. The topological polar surface area (TPSA) is 96.6 Å². The largest absolute Gasteiger partial charge is 0.391 e. The van der Waals surface area contributed by atoms with Gasteiger partial charge in [-0.2, -0.15) is 0 Å². The molecule has 0 radical (unpaired) electrons. The van der Waals surface area contributed by atoms with Crippen molar-refractivity contribution in [1.82, 2.24) is 9.80 Å². The standard InChI is InChI=1S/C12H26N2O5/c1-13-4-6-14(7-5-13)9-12(18,10-15)19-8-2-3-11(16)17/h11,15-18H,2-10H2,1H3. The van der Waals surface area contributed by atoms with Crippen LogP contribution in [0.1, 0.15) is 12.8 Å². The molecule has 1 aliphatic heterocycles.